The van der Waals surface area contributed by atoms with E-state index in [2.05, 4.69) is 42.8 Å². The molecule has 1 aromatic heterocycles. The fourth-order valence-electron chi connectivity index (χ4n) is 3.51. The smallest absolute Gasteiger partial charge is 0.156 e. The first kappa shape index (κ1) is 12.9. The molecule has 1 fully saturated rings. The predicted octanol–water partition coefficient (Wildman–Crippen LogP) is 1.84. The number of fused-ring (bicyclic) bond motifs is 1. The zero-order valence-electron chi connectivity index (χ0n) is 12.3. The number of H-pyrrole nitrogens is 1. The van der Waals surface area contributed by atoms with Crippen LogP contribution < -0.4 is 10.6 Å². The van der Waals surface area contributed by atoms with Crippen molar-refractivity contribution in [1.29, 1.82) is 0 Å². The SMILES string of the molecule is CC1(C)OC(C)(C)c2c(N3CCCC(N)C3)n[nH]c21. The van der Waals surface area contributed by atoms with E-state index in [1.807, 2.05) is 0 Å². The van der Waals surface area contributed by atoms with E-state index in [0.29, 0.717) is 0 Å². The summed E-state index contributed by atoms with van der Waals surface area (Å²) >= 11 is 0. The van der Waals surface area contributed by atoms with E-state index in [1.54, 1.807) is 0 Å². The Hall–Kier alpha value is -1.07. The first-order valence-corrected chi connectivity index (χ1v) is 7.11. The van der Waals surface area contributed by atoms with Crippen molar-refractivity contribution in [3.05, 3.63) is 11.3 Å². The molecule has 2 aliphatic heterocycles. The summed E-state index contributed by atoms with van der Waals surface area (Å²) in [6, 6.07) is 0.250. The third kappa shape index (κ3) is 1.96. The van der Waals surface area contributed by atoms with Gasteiger partial charge in [0.25, 0.3) is 0 Å². The average Bonchev–Trinajstić information content (AvgIpc) is 2.79. The van der Waals surface area contributed by atoms with E-state index < -0.39 is 0 Å². The number of aromatic nitrogens is 2. The molecule has 0 aromatic carbocycles. The highest BCUT2D eigenvalue weighted by molar-refractivity contribution is 5.55. The normalized spacial score (nSPS) is 28.5. The van der Waals surface area contributed by atoms with Gasteiger partial charge >= 0.3 is 0 Å². The molecule has 3 N–H and O–H groups in total. The van der Waals surface area contributed by atoms with Crippen LogP contribution in [-0.4, -0.2) is 29.3 Å². The molecule has 1 aromatic rings. The molecule has 5 nitrogen and oxygen atoms in total. The highest BCUT2D eigenvalue weighted by atomic mass is 16.5. The Balaban J connectivity index is 2.02. The van der Waals surface area contributed by atoms with Crippen LogP contribution in [0.1, 0.15) is 51.8 Å². The summed E-state index contributed by atoms with van der Waals surface area (Å²) in [7, 11) is 0. The molecule has 3 rings (SSSR count). The third-order valence-corrected chi connectivity index (χ3v) is 4.22. The fraction of sp³-hybridized carbons (Fsp3) is 0.786. The van der Waals surface area contributed by atoms with Crippen LogP contribution in [0, 0.1) is 0 Å². The molecule has 0 bridgehead atoms. The maximum Gasteiger partial charge on any atom is 0.156 e. The average molecular weight is 264 g/mol. The Bertz CT molecular complexity index is 492. The summed E-state index contributed by atoms with van der Waals surface area (Å²) in [6.07, 6.45) is 2.24. The lowest BCUT2D eigenvalue weighted by Crippen LogP contribution is -2.43. The summed E-state index contributed by atoms with van der Waals surface area (Å²) in [5.41, 5.74) is 7.78. The summed E-state index contributed by atoms with van der Waals surface area (Å²) in [6.45, 7) is 10.3. The summed E-state index contributed by atoms with van der Waals surface area (Å²) < 4.78 is 6.18. The van der Waals surface area contributed by atoms with E-state index in [4.69, 9.17) is 10.5 Å². The number of piperidine rings is 1. The molecule has 0 spiro atoms. The Morgan fingerprint density at radius 1 is 1.32 bits per heavy atom. The highest BCUT2D eigenvalue weighted by Gasteiger charge is 2.48. The molecule has 0 aliphatic carbocycles. The van der Waals surface area contributed by atoms with Gasteiger partial charge in [0.15, 0.2) is 5.82 Å². The molecular formula is C14H24N4O. The fourth-order valence-corrected chi connectivity index (χ4v) is 3.51. The summed E-state index contributed by atoms with van der Waals surface area (Å²) in [5.74, 6) is 1.03. The molecule has 1 unspecified atom stereocenters. The zero-order valence-corrected chi connectivity index (χ0v) is 12.3. The van der Waals surface area contributed by atoms with Gasteiger partial charge < -0.3 is 15.4 Å². The molecular weight excluding hydrogens is 240 g/mol. The van der Waals surface area contributed by atoms with Crippen molar-refractivity contribution in [2.24, 2.45) is 5.73 Å². The summed E-state index contributed by atoms with van der Waals surface area (Å²) in [4.78, 5) is 2.30. The molecule has 1 saturated heterocycles. The Kier molecular flexibility index (Phi) is 2.70. The first-order valence-electron chi connectivity index (χ1n) is 7.11. The van der Waals surface area contributed by atoms with Gasteiger partial charge in [-0.25, -0.2) is 0 Å². The van der Waals surface area contributed by atoms with Crippen molar-refractivity contribution < 1.29 is 4.74 Å². The minimum absolute atomic E-state index is 0.250. The standard InChI is InChI=1S/C14H24N4O/c1-13(2)10-11(14(3,4)19-13)16-17-12(10)18-7-5-6-9(15)8-18/h9H,5-8,15H2,1-4H3,(H,16,17). The van der Waals surface area contributed by atoms with Crippen LogP contribution in [0.5, 0.6) is 0 Å². The van der Waals surface area contributed by atoms with Crippen molar-refractivity contribution in [3.63, 3.8) is 0 Å². The molecule has 2 aliphatic rings. The van der Waals surface area contributed by atoms with Crippen LogP contribution in [0.3, 0.4) is 0 Å². The van der Waals surface area contributed by atoms with Gasteiger partial charge in [-0.05, 0) is 40.5 Å². The van der Waals surface area contributed by atoms with E-state index >= 15 is 0 Å². The molecule has 0 amide bonds. The van der Waals surface area contributed by atoms with Gasteiger partial charge in [0.2, 0.25) is 0 Å². The molecule has 1 atom stereocenters. The van der Waals surface area contributed by atoms with Crippen LogP contribution in [-0.2, 0) is 15.9 Å². The minimum Gasteiger partial charge on any atom is -0.358 e. The van der Waals surface area contributed by atoms with Gasteiger partial charge in [0, 0.05) is 19.1 Å². The van der Waals surface area contributed by atoms with Gasteiger partial charge in [-0.15, -0.1) is 0 Å². The van der Waals surface area contributed by atoms with Gasteiger partial charge in [-0.2, -0.15) is 5.10 Å². The lowest BCUT2D eigenvalue weighted by atomic mass is 9.95. The maximum atomic E-state index is 6.18. The largest absolute Gasteiger partial charge is 0.358 e. The van der Waals surface area contributed by atoms with Crippen LogP contribution in [0.2, 0.25) is 0 Å². The van der Waals surface area contributed by atoms with E-state index in [9.17, 15) is 0 Å². The minimum atomic E-state index is -0.304. The topological polar surface area (TPSA) is 67.2 Å². The van der Waals surface area contributed by atoms with Crippen LogP contribution in [0.4, 0.5) is 5.82 Å². The number of rotatable bonds is 1. The third-order valence-electron chi connectivity index (χ3n) is 4.22. The van der Waals surface area contributed by atoms with Gasteiger partial charge in [0.05, 0.1) is 16.9 Å². The quantitative estimate of drug-likeness (QED) is 0.812. The monoisotopic (exact) mass is 264 g/mol. The first-order chi connectivity index (χ1) is 8.81. The van der Waals surface area contributed by atoms with E-state index in [-0.39, 0.29) is 17.2 Å². The Morgan fingerprint density at radius 2 is 2.05 bits per heavy atom. The number of nitrogens with one attached hydrogen (secondary N) is 1. The number of ether oxygens (including phenoxy) is 1. The van der Waals surface area contributed by atoms with Crippen molar-refractivity contribution in [3.8, 4) is 0 Å². The molecule has 5 heteroatoms. The zero-order chi connectivity index (χ0) is 13.8. The number of anilines is 1. The molecule has 3 heterocycles. The van der Waals surface area contributed by atoms with Gasteiger partial charge in [-0.3, -0.25) is 5.10 Å². The van der Waals surface area contributed by atoms with Crippen molar-refractivity contribution in [2.45, 2.75) is 57.8 Å². The van der Waals surface area contributed by atoms with Crippen LogP contribution in [0.15, 0.2) is 0 Å². The summed E-state index contributed by atoms with van der Waals surface area (Å²) in [5, 5.41) is 7.74. The number of aromatic amines is 1. The number of hydrogen-bond acceptors (Lipinski definition) is 4. The van der Waals surface area contributed by atoms with E-state index in [0.717, 1.165) is 37.4 Å². The predicted molar refractivity (Wildman–Crippen MR) is 75.1 cm³/mol. The highest BCUT2D eigenvalue weighted by Crippen LogP contribution is 2.49. The van der Waals surface area contributed by atoms with E-state index in [1.165, 1.54) is 5.56 Å². The maximum absolute atomic E-state index is 6.18. The van der Waals surface area contributed by atoms with Crippen molar-refractivity contribution in [2.75, 3.05) is 18.0 Å². The second kappa shape index (κ2) is 3.96. The second-order valence-electron chi connectivity index (χ2n) is 6.77. The van der Waals surface area contributed by atoms with Crippen LogP contribution in [0.25, 0.3) is 0 Å². The number of nitrogens with two attached hydrogens (primary N) is 1. The second-order valence-corrected chi connectivity index (χ2v) is 6.77. The van der Waals surface area contributed by atoms with Crippen LogP contribution >= 0.6 is 0 Å². The Morgan fingerprint density at radius 3 is 2.74 bits per heavy atom. The lowest BCUT2D eigenvalue weighted by Gasteiger charge is -2.33. The van der Waals surface area contributed by atoms with Gasteiger partial charge in [0.1, 0.15) is 5.60 Å². The number of hydrogen-bond donors (Lipinski definition) is 2. The number of nitrogens with zero attached hydrogens (tertiary/aromatic N) is 2. The van der Waals surface area contributed by atoms with Gasteiger partial charge in [-0.1, -0.05) is 0 Å². The lowest BCUT2D eigenvalue weighted by molar-refractivity contribution is -0.107. The molecule has 19 heavy (non-hydrogen) atoms. The molecule has 106 valence electrons. The Labute approximate surface area is 114 Å². The molecule has 0 radical (unpaired) electrons. The van der Waals surface area contributed by atoms with Crippen molar-refractivity contribution in [1.82, 2.24) is 10.2 Å². The molecule has 0 saturated carbocycles. The van der Waals surface area contributed by atoms with Crippen molar-refractivity contribution >= 4 is 5.82 Å².